The van der Waals surface area contributed by atoms with Crippen LogP contribution in [0.5, 0.6) is 0 Å². The molecule has 2 aromatic rings. The first-order valence-corrected chi connectivity index (χ1v) is 9.04. The zero-order valence-corrected chi connectivity index (χ0v) is 14.7. The number of hydrogen-bond acceptors (Lipinski definition) is 4. The lowest BCUT2D eigenvalue weighted by Gasteiger charge is -2.26. The highest BCUT2D eigenvalue weighted by Gasteiger charge is 2.26. The third kappa shape index (κ3) is 3.51. The zero-order chi connectivity index (χ0) is 17.1. The Labute approximate surface area is 145 Å². The Morgan fingerprint density at radius 1 is 1.42 bits per heavy atom. The molecule has 1 saturated heterocycles. The van der Waals surface area contributed by atoms with E-state index in [0.29, 0.717) is 13.0 Å². The number of thiazole rings is 1. The van der Waals surface area contributed by atoms with E-state index >= 15 is 0 Å². The van der Waals surface area contributed by atoms with Gasteiger partial charge in [0.15, 0.2) is 0 Å². The van der Waals surface area contributed by atoms with Gasteiger partial charge in [-0.15, -0.1) is 11.3 Å². The summed E-state index contributed by atoms with van der Waals surface area (Å²) in [7, 11) is 1.74. The van der Waals surface area contributed by atoms with Crippen LogP contribution < -0.4 is 10.6 Å². The van der Waals surface area contributed by atoms with Crippen molar-refractivity contribution in [2.45, 2.75) is 38.3 Å². The van der Waals surface area contributed by atoms with Gasteiger partial charge in [0, 0.05) is 13.6 Å². The lowest BCUT2D eigenvalue weighted by molar-refractivity contribution is -0.122. The lowest BCUT2D eigenvalue weighted by atomic mass is 10.1. The summed E-state index contributed by atoms with van der Waals surface area (Å²) in [6.07, 6.45) is 2.57. The van der Waals surface area contributed by atoms with Gasteiger partial charge in [-0.3, -0.25) is 4.79 Å². The first kappa shape index (κ1) is 16.7. The summed E-state index contributed by atoms with van der Waals surface area (Å²) >= 11 is 1.59. The van der Waals surface area contributed by atoms with E-state index in [1.165, 1.54) is 0 Å². The number of nitrogens with zero attached hydrogens (tertiary/aromatic N) is 2. The van der Waals surface area contributed by atoms with E-state index in [-0.39, 0.29) is 18.0 Å². The van der Waals surface area contributed by atoms with E-state index < -0.39 is 6.04 Å². The van der Waals surface area contributed by atoms with Gasteiger partial charge in [0.2, 0.25) is 5.91 Å². The van der Waals surface area contributed by atoms with Crippen molar-refractivity contribution in [3.05, 3.63) is 29.3 Å². The first-order valence-electron chi connectivity index (χ1n) is 8.23. The fourth-order valence-corrected chi connectivity index (χ4v) is 3.80. The van der Waals surface area contributed by atoms with E-state index in [2.05, 4.69) is 15.6 Å². The Hall–Kier alpha value is -2.15. The van der Waals surface area contributed by atoms with E-state index in [4.69, 9.17) is 0 Å². The number of hydrogen-bond donors (Lipinski definition) is 2. The topological polar surface area (TPSA) is 74.3 Å². The third-order valence-corrected chi connectivity index (χ3v) is 5.61. The zero-order valence-electron chi connectivity index (χ0n) is 13.9. The van der Waals surface area contributed by atoms with Crippen molar-refractivity contribution in [1.29, 1.82) is 0 Å². The number of aromatic nitrogens is 1. The number of fused-ring (bicyclic) bond motifs is 1. The minimum absolute atomic E-state index is 0.0955. The standard InChI is InChI=1S/C17H22N4O2S/c1-11(16-19-12-7-3-4-9-14(12)24-16)21(2)17(23)20-13-8-5-6-10-18-15(13)22/h3-4,7,9,11,13H,5-6,8,10H2,1-2H3,(H,18,22)(H,20,23)/t11-,13-/m0/s1. The highest BCUT2D eigenvalue weighted by atomic mass is 32.1. The number of nitrogens with one attached hydrogen (secondary N) is 2. The van der Waals surface area contributed by atoms with Gasteiger partial charge in [0.25, 0.3) is 0 Å². The normalized spacial score (nSPS) is 19.4. The van der Waals surface area contributed by atoms with Gasteiger partial charge in [-0.2, -0.15) is 0 Å². The van der Waals surface area contributed by atoms with Crippen molar-refractivity contribution in [1.82, 2.24) is 20.5 Å². The van der Waals surface area contributed by atoms with Crippen LogP contribution in [-0.2, 0) is 4.79 Å². The van der Waals surface area contributed by atoms with Crippen molar-refractivity contribution < 1.29 is 9.59 Å². The number of amides is 3. The quantitative estimate of drug-likeness (QED) is 0.897. The number of para-hydroxylation sites is 1. The van der Waals surface area contributed by atoms with Crippen LogP contribution in [0, 0.1) is 0 Å². The molecule has 2 heterocycles. The smallest absolute Gasteiger partial charge is 0.318 e. The summed E-state index contributed by atoms with van der Waals surface area (Å²) in [4.78, 5) is 30.7. The molecule has 1 aromatic heterocycles. The van der Waals surface area contributed by atoms with E-state index in [9.17, 15) is 9.59 Å². The molecule has 0 unspecified atom stereocenters. The van der Waals surface area contributed by atoms with Crippen molar-refractivity contribution in [3.8, 4) is 0 Å². The fourth-order valence-electron chi connectivity index (χ4n) is 2.74. The Morgan fingerprint density at radius 3 is 3.00 bits per heavy atom. The second-order valence-electron chi connectivity index (χ2n) is 6.10. The Kier molecular flexibility index (Phi) is 4.99. The molecule has 0 saturated carbocycles. The number of rotatable bonds is 3. The molecule has 24 heavy (non-hydrogen) atoms. The molecule has 0 aliphatic carbocycles. The molecule has 2 atom stereocenters. The summed E-state index contributed by atoms with van der Waals surface area (Å²) in [5.74, 6) is -0.0955. The molecule has 2 N–H and O–H groups in total. The van der Waals surface area contributed by atoms with Crippen LogP contribution in [0.1, 0.15) is 37.2 Å². The number of carbonyl (C=O) groups is 2. The summed E-state index contributed by atoms with van der Waals surface area (Å²) < 4.78 is 1.11. The SMILES string of the molecule is C[C@@H](c1nc2ccccc2s1)N(C)C(=O)N[C@H]1CCCCNC1=O. The third-order valence-electron chi connectivity index (χ3n) is 4.40. The van der Waals surface area contributed by atoms with Crippen LogP contribution in [0.2, 0.25) is 0 Å². The van der Waals surface area contributed by atoms with E-state index in [0.717, 1.165) is 28.1 Å². The highest BCUT2D eigenvalue weighted by molar-refractivity contribution is 7.18. The highest BCUT2D eigenvalue weighted by Crippen LogP contribution is 2.28. The maximum atomic E-state index is 12.5. The Balaban J connectivity index is 1.68. The average molecular weight is 346 g/mol. The van der Waals surface area contributed by atoms with Crippen LogP contribution in [0.4, 0.5) is 4.79 Å². The maximum Gasteiger partial charge on any atom is 0.318 e. The average Bonchev–Trinajstić information content (AvgIpc) is 2.92. The van der Waals surface area contributed by atoms with Gasteiger partial charge in [-0.25, -0.2) is 9.78 Å². The Bertz CT molecular complexity index is 712. The first-order chi connectivity index (χ1) is 11.6. The molecule has 0 spiro atoms. The predicted molar refractivity (Wildman–Crippen MR) is 95.0 cm³/mol. The molecular formula is C17H22N4O2S. The minimum Gasteiger partial charge on any atom is -0.354 e. The minimum atomic E-state index is -0.454. The molecule has 1 aliphatic rings. The van der Waals surface area contributed by atoms with Gasteiger partial charge >= 0.3 is 6.03 Å². The second-order valence-corrected chi connectivity index (χ2v) is 7.16. The number of urea groups is 1. The van der Waals surface area contributed by atoms with Crippen LogP contribution in [0.15, 0.2) is 24.3 Å². The fraction of sp³-hybridized carbons (Fsp3) is 0.471. The summed E-state index contributed by atoms with van der Waals surface area (Å²) in [6.45, 7) is 2.63. The van der Waals surface area contributed by atoms with Crippen molar-refractivity contribution >= 4 is 33.5 Å². The van der Waals surface area contributed by atoms with Gasteiger partial charge in [-0.1, -0.05) is 12.1 Å². The Morgan fingerprint density at radius 2 is 2.21 bits per heavy atom. The monoisotopic (exact) mass is 346 g/mol. The molecule has 3 amide bonds. The summed E-state index contributed by atoms with van der Waals surface area (Å²) in [5.41, 5.74) is 0.946. The van der Waals surface area contributed by atoms with Crippen LogP contribution in [-0.4, -0.2) is 41.5 Å². The summed E-state index contributed by atoms with van der Waals surface area (Å²) in [6, 6.07) is 7.08. The lowest BCUT2D eigenvalue weighted by Crippen LogP contribution is -2.49. The van der Waals surface area contributed by atoms with E-state index in [1.807, 2.05) is 31.2 Å². The molecule has 128 valence electrons. The van der Waals surface area contributed by atoms with Crippen LogP contribution in [0.3, 0.4) is 0 Å². The van der Waals surface area contributed by atoms with Crippen molar-refractivity contribution in [2.75, 3.05) is 13.6 Å². The van der Waals surface area contributed by atoms with Crippen LogP contribution >= 0.6 is 11.3 Å². The predicted octanol–water partition coefficient (Wildman–Crippen LogP) is 2.67. The number of carbonyl (C=O) groups excluding carboxylic acids is 2. The van der Waals surface area contributed by atoms with Gasteiger partial charge in [0.1, 0.15) is 11.0 Å². The largest absolute Gasteiger partial charge is 0.354 e. The molecule has 0 bridgehead atoms. The van der Waals surface area contributed by atoms with Gasteiger partial charge in [-0.05, 0) is 38.3 Å². The second kappa shape index (κ2) is 7.17. The van der Waals surface area contributed by atoms with Gasteiger partial charge in [0.05, 0.1) is 16.3 Å². The molecule has 1 aliphatic heterocycles. The molecule has 7 heteroatoms. The van der Waals surface area contributed by atoms with Crippen molar-refractivity contribution in [2.24, 2.45) is 0 Å². The molecule has 1 fully saturated rings. The summed E-state index contributed by atoms with van der Waals surface area (Å²) in [5, 5.41) is 6.57. The molecule has 3 rings (SSSR count). The molecule has 6 nitrogen and oxygen atoms in total. The van der Waals surface area contributed by atoms with Crippen LogP contribution in [0.25, 0.3) is 10.2 Å². The number of benzene rings is 1. The van der Waals surface area contributed by atoms with E-state index in [1.54, 1.807) is 23.3 Å². The molecule has 1 aromatic carbocycles. The van der Waals surface area contributed by atoms with Gasteiger partial charge < -0.3 is 15.5 Å². The van der Waals surface area contributed by atoms with Crippen molar-refractivity contribution in [3.63, 3.8) is 0 Å². The molecule has 0 radical (unpaired) electrons. The maximum absolute atomic E-state index is 12.5. The molecular weight excluding hydrogens is 324 g/mol.